The largest absolute Gasteiger partial charge is 0.481 e. The van der Waals surface area contributed by atoms with Crippen LogP contribution in [-0.2, 0) is 6.54 Å². The number of hydrogen-bond acceptors (Lipinski definition) is 4. The molecular formula is C20H21N3O. The second kappa shape index (κ2) is 6.57. The SMILES string of the molecule is COc1nccc2c(-c3cccc(CN4CCCC4)c3)cncc12. The molecule has 0 unspecified atom stereocenters. The van der Waals surface area contributed by atoms with Crippen molar-refractivity contribution in [2.24, 2.45) is 0 Å². The number of rotatable bonds is 4. The highest BCUT2D eigenvalue weighted by atomic mass is 16.5. The summed E-state index contributed by atoms with van der Waals surface area (Å²) in [6.45, 7) is 3.45. The van der Waals surface area contributed by atoms with Gasteiger partial charge in [0.2, 0.25) is 5.88 Å². The summed E-state index contributed by atoms with van der Waals surface area (Å²) in [4.78, 5) is 11.2. The highest BCUT2D eigenvalue weighted by Crippen LogP contribution is 2.31. The molecule has 1 aromatic carbocycles. The molecule has 4 rings (SSSR count). The summed E-state index contributed by atoms with van der Waals surface area (Å²) in [6, 6.07) is 10.8. The topological polar surface area (TPSA) is 38.2 Å². The van der Waals surface area contributed by atoms with Gasteiger partial charge >= 0.3 is 0 Å². The van der Waals surface area contributed by atoms with E-state index in [0.717, 1.165) is 22.9 Å². The van der Waals surface area contributed by atoms with Crippen LogP contribution in [0.1, 0.15) is 18.4 Å². The van der Waals surface area contributed by atoms with Gasteiger partial charge in [0.1, 0.15) is 0 Å². The first-order valence-electron chi connectivity index (χ1n) is 8.43. The lowest BCUT2D eigenvalue weighted by Crippen LogP contribution is -2.18. The summed E-state index contributed by atoms with van der Waals surface area (Å²) in [6.07, 6.45) is 8.17. The first-order valence-corrected chi connectivity index (χ1v) is 8.43. The van der Waals surface area contributed by atoms with E-state index in [1.165, 1.54) is 37.1 Å². The average molecular weight is 319 g/mol. The number of nitrogens with zero attached hydrogens (tertiary/aromatic N) is 3. The molecule has 4 nitrogen and oxygen atoms in total. The van der Waals surface area contributed by atoms with Crippen LogP contribution in [0.5, 0.6) is 5.88 Å². The number of hydrogen-bond donors (Lipinski definition) is 0. The van der Waals surface area contributed by atoms with Crippen molar-refractivity contribution in [3.05, 3.63) is 54.5 Å². The Bertz CT molecular complexity index is 856. The van der Waals surface area contributed by atoms with Gasteiger partial charge in [-0.05, 0) is 54.6 Å². The van der Waals surface area contributed by atoms with Crippen LogP contribution in [0, 0.1) is 0 Å². The maximum Gasteiger partial charge on any atom is 0.222 e. The monoisotopic (exact) mass is 319 g/mol. The first-order chi connectivity index (χ1) is 11.8. The van der Waals surface area contributed by atoms with E-state index in [1.807, 2.05) is 18.5 Å². The molecule has 0 spiro atoms. The fourth-order valence-corrected chi connectivity index (χ4v) is 3.50. The third kappa shape index (κ3) is 2.85. The zero-order valence-corrected chi connectivity index (χ0v) is 13.9. The fourth-order valence-electron chi connectivity index (χ4n) is 3.50. The Hall–Kier alpha value is -2.46. The molecule has 0 bridgehead atoms. The van der Waals surface area contributed by atoms with Gasteiger partial charge in [0.15, 0.2) is 0 Å². The summed E-state index contributed by atoms with van der Waals surface area (Å²) < 4.78 is 5.37. The van der Waals surface area contributed by atoms with E-state index in [2.05, 4.69) is 39.1 Å². The molecule has 4 heteroatoms. The summed E-state index contributed by atoms with van der Waals surface area (Å²) >= 11 is 0. The van der Waals surface area contributed by atoms with E-state index in [1.54, 1.807) is 13.3 Å². The zero-order valence-electron chi connectivity index (χ0n) is 13.9. The molecule has 0 amide bonds. The van der Waals surface area contributed by atoms with Crippen molar-refractivity contribution >= 4 is 10.8 Å². The molecule has 1 saturated heterocycles. The molecule has 122 valence electrons. The van der Waals surface area contributed by atoms with E-state index in [0.29, 0.717) is 5.88 Å². The second-order valence-corrected chi connectivity index (χ2v) is 6.29. The summed E-state index contributed by atoms with van der Waals surface area (Å²) in [7, 11) is 1.64. The van der Waals surface area contributed by atoms with E-state index in [4.69, 9.17) is 4.74 Å². The van der Waals surface area contributed by atoms with Gasteiger partial charge in [-0.3, -0.25) is 9.88 Å². The maximum absolute atomic E-state index is 5.37. The van der Waals surface area contributed by atoms with Crippen LogP contribution in [0.15, 0.2) is 48.9 Å². The van der Waals surface area contributed by atoms with Crippen molar-refractivity contribution in [3.8, 4) is 17.0 Å². The lowest BCUT2D eigenvalue weighted by Gasteiger charge is -2.15. The number of likely N-dealkylation sites (tertiary alicyclic amines) is 1. The number of fused-ring (bicyclic) bond motifs is 1. The second-order valence-electron chi connectivity index (χ2n) is 6.29. The van der Waals surface area contributed by atoms with Crippen LogP contribution in [0.2, 0.25) is 0 Å². The lowest BCUT2D eigenvalue weighted by molar-refractivity contribution is 0.331. The summed E-state index contributed by atoms with van der Waals surface area (Å²) in [5.41, 5.74) is 3.67. The van der Waals surface area contributed by atoms with Crippen LogP contribution in [-0.4, -0.2) is 35.1 Å². The molecule has 1 aliphatic rings. The minimum Gasteiger partial charge on any atom is -0.481 e. The molecule has 0 saturated carbocycles. The lowest BCUT2D eigenvalue weighted by atomic mass is 10.00. The quantitative estimate of drug-likeness (QED) is 0.731. The summed E-state index contributed by atoms with van der Waals surface area (Å²) in [5, 5.41) is 2.07. The molecule has 3 heterocycles. The molecule has 0 N–H and O–H groups in total. The van der Waals surface area contributed by atoms with Crippen molar-refractivity contribution < 1.29 is 4.74 Å². The van der Waals surface area contributed by atoms with Crippen LogP contribution in [0.4, 0.5) is 0 Å². The number of aromatic nitrogens is 2. The molecule has 3 aromatic rings. The molecule has 24 heavy (non-hydrogen) atoms. The smallest absolute Gasteiger partial charge is 0.222 e. The van der Waals surface area contributed by atoms with Gasteiger partial charge in [-0.25, -0.2) is 4.98 Å². The molecule has 0 radical (unpaired) electrons. The molecular weight excluding hydrogens is 298 g/mol. The molecule has 2 aromatic heterocycles. The van der Waals surface area contributed by atoms with Gasteiger partial charge in [0.25, 0.3) is 0 Å². The van der Waals surface area contributed by atoms with Gasteiger partial charge in [-0.15, -0.1) is 0 Å². The number of ether oxygens (including phenoxy) is 1. The fraction of sp³-hybridized carbons (Fsp3) is 0.300. The van der Waals surface area contributed by atoms with Crippen molar-refractivity contribution in [1.29, 1.82) is 0 Å². The zero-order chi connectivity index (χ0) is 16.4. The highest BCUT2D eigenvalue weighted by molar-refractivity contribution is 5.98. The Labute approximate surface area is 142 Å². The van der Waals surface area contributed by atoms with Gasteiger partial charge in [-0.2, -0.15) is 0 Å². The van der Waals surface area contributed by atoms with E-state index in [9.17, 15) is 0 Å². The molecule has 1 fully saturated rings. The van der Waals surface area contributed by atoms with E-state index < -0.39 is 0 Å². The Balaban J connectivity index is 1.74. The van der Waals surface area contributed by atoms with Crippen LogP contribution in [0.25, 0.3) is 21.9 Å². The van der Waals surface area contributed by atoms with Gasteiger partial charge in [-0.1, -0.05) is 18.2 Å². The Kier molecular flexibility index (Phi) is 4.13. The van der Waals surface area contributed by atoms with Gasteiger partial charge in [0.05, 0.1) is 12.5 Å². The number of methoxy groups -OCH3 is 1. The first kappa shape index (κ1) is 15.1. The third-order valence-electron chi connectivity index (χ3n) is 4.69. The minimum atomic E-state index is 0.620. The predicted octanol–water partition coefficient (Wildman–Crippen LogP) is 3.90. The normalized spacial score (nSPS) is 15.0. The molecule has 0 aliphatic carbocycles. The van der Waals surface area contributed by atoms with Crippen LogP contribution < -0.4 is 4.74 Å². The highest BCUT2D eigenvalue weighted by Gasteiger charge is 2.13. The Morgan fingerprint density at radius 1 is 1.08 bits per heavy atom. The standard InChI is InChI=1S/C20H21N3O/c1-24-20-19-13-21-12-18(17(19)7-8-22-20)16-6-4-5-15(11-16)14-23-9-2-3-10-23/h4-8,11-13H,2-3,9-10,14H2,1H3. The number of pyridine rings is 2. The Morgan fingerprint density at radius 2 is 1.96 bits per heavy atom. The van der Waals surface area contributed by atoms with Crippen LogP contribution in [0.3, 0.4) is 0 Å². The van der Waals surface area contributed by atoms with Crippen molar-refractivity contribution in [3.63, 3.8) is 0 Å². The predicted molar refractivity (Wildman–Crippen MR) is 96.0 cm³/mol. The van der Waals surface area contributed by atoms with Crippen LogP contribution >= 0.6 is 0 Å². The van der Waals surface area contributed by atoms with Gasteiger partial charge < -0.3 is 4.74 Å². The Morgan fingerprint density at radius 3 is 2.79 bits per heavy atom. The molecule has 0 atom stereocenters. The van der Waals surface area contributed by atoms with Gasteiger partial charge in [0, 0.05) is 30.7 Å². The summed E-state index contributed by atoms with van der Waals surface area (Å²) in [5.74, 6) is 0.620. The van der Waals surface area contributed by atoms with Crippen molar-refractivity contribution in [1.82, 2.24) is 14.9 Å². The molecule has 1 aliphatic heterocycles. The third-order valence-corrected chi connectivity index (χ3v) is 4.69. The average Bonchev–Trinajstić information content (AvgIpc) is 3.14. The van der Waals surface area contributed by atoms with E-state index >= 15 is 0 Å². The van der Waals surface area contributed by atoms with E-state index in [-0.39, 0.29) is 0 Å². The van der Waals surface area contributed by atoms with Crippen molar-refractivity contribution in [2.75, 3.05) is 20.2 Å². The van der Waals surface area contributed by atoms with Crippen molar-refractivity contribution in [2.45, 2.75) is 19.4 Å². The number of benzene rings is 1. The minimum absolute atomic E-state index is 0.620. The maximum atomic E-state index is 5.37.